The van der Waals surface area contributed by atoms with Crippen LogP contribution in [0, 0.1) is 12.8 Å². The molecule has 2 aliphatic carbocycles. The van der Waals surface area contributed by atoms with Crippen LogP contribution in [0.3, 0.4) is 0 Å². The lowest BCUT2D eigenvalue weighted by Crippen LogP contribution is -2.71. The molecule has 7 nitrogen and oxygen atoms in total. The van der Waals surface area contributed by atoms with Crippen molar-refractivity contribution in [1.82, 2.24) is 19.6 Å². The molecule has 3 heterocycles. The Morgan fingerprint density at radius 1 is 1.12 bits per heavy atom. The highest BCUT2D eigenvalue weighted by Crippen LogP contribution is 2.57. The maximum atomic E-state index is 12.6. The molecule has 7 heteroatoms. The van der Waals surface area contributed by atoms with Crippen LogP contribution in [0.1, 0.15) is 48.8 Å². The van der Waals surface area contributed by atoms with Gasteiger partial charge in [-0.05, 0) is 93.3 Å². The van der Waals surface area contributed by atoms with Gasteiger partial charge in [0.1, 0.15) is 0 Å². The molecule has 3 fully saturated rings. The fourth-order valence-electron chi connectivity index (χ4n) is 7.17. The summed E-state index contributed by atoms with van der Waals surface area (Å²) in [5, 5.41) is 27.8. The summed E-state index contributed by atoms with van der Waals surface area (Å²) in [6.07, 6.45) is 10.1. The van der Waals surface area contributed by atoms with Gasteiger partial charge in [0.25, 0.3) is 0 Å². The summed E-state index contributed by atoms with van der Waals surface area (Å²) in [5.74, 6) is 1.52. The van der Waals surface area contributed by atoms with Gasteiger partial charge in [0.15, 0.2) is 11.5 Å². The first-order valence-electron chi connectivity index (χ1n) is 13.0. The first-order valence-corrected chi connectivity index (χ1v) is 13.0. The van der Waals surface area contributed by atoms with Crippen LogP contribution in [-0.4, -0.2) is 81.3 Å². The van der Waals surface area contributed by atoms with E-state index in [0.29, 0.717) is 5.75 Å². The number of hydrogen-bond donors (Lipinski definition) is 2. The molecule has 2 N–H and O–H groups in total. The number of aromatic hydroxyl groups is 1. The third-order valence-corrected chi connectivity index (χ3v) is 9.24. The maximum Gasteiger partial charge on any atom is 0.160 e. The van der Waals surface area contributed by atoms with Crippen molar-refractivity contribution in [3.8, 4) is 11.5 Å². The van der Waals surface area contributed by atoms with E-state index in [4.69, 9.17) is 4.74 Å². The van der Waals surface area contributed by atoms with Gasteiger partial charge < -0.3 is 19.8 Å². The van der Waals surface area contributed by atoms with Crippen LogP contribution in [0.2, 0.25) is 0 Å². The van der Waals surface area contributed by atoms with E-state index in [1.807, 2.05) is 23.0 Å². The SMILES string of the molecule is COc1cc2c(cc1O)[C@@]13CCN(CCn4cc(C)cn4)CC[C@@]1(O)[C@@H](C2)N(CC1CC1)CC3. The standard InChI is InChI=1S/C27H38N4O3/c1-19-16-28-31(17-19)12-11-29-8-5-26-6-10-30(18-20-3-4-20)25(27(26,33)7-9-29)14-21-13-24(34-2)23(32)15-22(21)26/h13,15-17,20,25,32-33H,3-12,14,18H2,1-2H3/t25-,26+,27-/m1/s1. The molecule has 184 valence electrons. The zero-order valence-corrected chi connectivity index (χ0v) is 20.5. The molecule has 2 aromatic rings. The van der Waals surface area contributed by atoms with Crippen molar-refractivity contribution in [3.05, 3.63) is 41.2 Å². The van der Waals surface area contributed by atoms with Crippen LogP contribution < -0.4 is 4.74 Å². The number of ether oxygens (including phenoxy) is 1. The highest BCUT2D eigenvalue weighted by atomic mass is 16.5. The van der Waals surface area contributed by atoms with E-state index >= 15 is 0 Å². The summed E-state index contributed by atoms with van der Waals surface area (Å²) in [5.41, 5.74) is 2.47. The Hall–Kier alpha value is -2.09. The third-order valence-electron chi connectivity index (χ3n) is 9.24. The van der Waals surface area contributed by atoms with Gasteiger partial charge in [-0.3, -0.25) is 9.58 Å². The Balaban J connectivity index is 1.33. The maximum absolute atomic E-state index is 12.6. The van der Waals surface area contributed by atoms with Crippen LogP contribution in [0.15, 0.2) is 24.5 Å². The number of likely N-dealkylation sites (tertiary alicyclic amines) is 2. The summed E-state index contributed by atoms with van der Waals surface area (Å²) in [7, 11) is 1.61. The van der Waals surface area contributed by atoms with Gasteiger partial charge >= 0.3 is 0 Å². The number of fused-ring (bicyclic) bond motifs is 1. The molecule has 0 unspecified atom stereocenters. The van der Waals surface area contributed by atoms with Crippen LogP contribution in [-0.2, 0) is 18.4 Å². The molecule has 1 saturated carbocycles. The number of piperidine rings is 1. The van der Waals surface area contributed by atoms with Gasteiger partial charge in [-0.25, -0.2) is 0 Å². The molecule has 1 aromatic heterocycles. The number of phenolic OH excluding ortho intramolecular Hbond substituents is 1. The normalized spacial score (nSPS) is 31.6. The third kappa shape index (κ3) is 3.55. The second kappa shape index (κ2) is 8.25. The lowest BCUT2D eigenvalue weighted by molar-refractivity contribution is -0.149. The zero-order chi connectivity index (χ0) is 23.5. The number of aryl methyl sites for hydroxylation is 1. The van der Waals surface area contributed by atoms with Crippen LogP contribution in [0.5, 0.6) is 11.5 Å². The molecule has 3 atom stereocenters. The second-order valence-electron chi connectivity index (χ2n) is 11.2. The van der Waals surface area contributed by atoms with E-state index in [0.717, 1.165) is 76.4 Å². The monoisotopic (exact) mass is 466 g/mol. The van der Waals surface area contributed by atoms with Crippen molar-refractivity contribution in [3.63, 3.8) is 0 Å². The molecule has 0 radical (unpaired) electrons. The van der Waals surface area contributed by atoms with E-state index in [2.05, 4.69) is 28.0 Å². The Bertz CT molecular complexity index is 1070. The zero-order valence-electron chi connectivity index (χ0n) is 20.5. The number of benzene rings is 1. The number of hydrogen-bond acceptors (Lipinski definition) is 6. The average Bonchev–Trinajstić information content (AvgIpc) is 3.57. The Morgan fingerprint density at radius 2 is 1.91 bits per heavy atom. The summed E-state index contributed by atoms with van der Waals surface area (Å²) in [6, 6.07) is 4.06. The van der Waals surface area contributed by atoms with Gasteiger partial charge in [0.2, 0.25) is 0 Å². The van der Waals surface area contributed by atoms with Gasteiger partial charge in [-0.2, -0.15) is 5.10 Å². The molecule has 6 rings (SSSR count). The minimum absolute atomic E-state index is 0.123. The van der Waals surface area contributed by atoms with E-state index in [1.165, 1.54) is 24.0 Å². The number of methoxy groups -OCH3 is 1. The summed E-state index contributed by atoms with van der Waals surface area (Å²) in [6.45, 7) is 7.85. The predicted molar refractivity (Wildman–Crippen MR) is 130 cm³/mol. The highest BCUT2D eigenvalue weighted by molar-refractivity contribution is 5.53. The van der Waals surface area contributed by atoms with Gasteiger partial charge in [-0.15, -0.1) is 0 Å². The summed E-state index contributed by atoms with van der Waals surface area (Å²) >= 11 is 0. The fraction of sp³-hybridized carbons (Fsp3) is 0.667. The first kappa shape index (κ1) is 22.4. The minimum atomic E-state index is -0.787. The highest BCUT2D eigenvalue weighted by Gasteiger charge is 2.63. The van der Waals surface area contributed by atoms with Crippen molar-refractivity contribution in [2.75, 3.05) is 39.8 Å². The second-order valence-corrected chi connectivity index (χ2v) is 11.2. The quantitative estimate of drug-likeness (QED) is 0.682. The van der Waals surface area contributed by atoms with E-state index < -0.39 is 5.60 Å². The van der Waals surface area contributed by atoms with Gasteiger partial charge in [-0.1, -0.05) is 0 Å². The molecule has 0 amide bonds. The lowest BCUT2D eigenvalue weighted by atomic mass is 9.52. The summed E-state index contributed by atoms with van der Waals surface area (Å²) < 4.78 is 7.49. The first-order chi connectivity index (χ1) is 16.4. The fourth-order valence-corrected chi connectivity index (χ4v) is 7.17. The van der Waals surface area contributed by atoms with Crippen molar-refractivity contribution >= 4 is 0 Å². The van der Waals surface area contributed by atoms with Crippen LogP contribution in [0.25, 0.3) is 0 Å². The molecule has 2 bridgehead atoms. The van der Waals surface area contributed by atoms with Gasteiger partial charge in [0, 0.05) is 37.3 Å². The molecule has 2 aliphatic heterocycles. The van der Waals surface area contributed by atoms with Crippen LogP contribution in [0.4, 0.5) is 0 Å². The van der Waals surface area contributed by atoms with E-state index in [-0.39, 0.29) is 17.2 Å². The molecule has 4 aliphatic rings. The number of phenols is 1. The number of aliphatic hydroxyl groups is 1. The van der Waals surface area contributed by atoms with Crippen LogP contribution >= 0.6 is 0 Å². The summed E-state index contributed by atoms with van der Waals surface area (Å²) in [4.78, 5) is 5.10. The molecule has 34 heavy (non-hydrogen) atoms. The predicted octanol–water partition coefficient (Wildman–Crippen LogP) is 2.71. The van der Waals surface area contributed by atoms with Crippen molar-refractivity contribution in [2.24, 2.45) is 5.92 Å². The van der Waals surface area contributed by atoms with Crippen molar-refractivity contribution in [2.45, 2.75) is 69.1 Å². The van der Waals surface area contributed by atoms with E-state index in [9.17, 15) is 10.2 Å². The Kier molecular flexibility index (Phi) is 5.43. The molecular formula is C27H38N4O3. The van der Waals surface area contributed by atoms with Crippen molar-refractivity contribution < 1.29 is 14.9 Å². The Morgan fingerprint density at radius 3 is 2.65 bits per heavy atom. The number of rotatable bonds is 6. The molecule has 0 spiro atoms. The average molecular weight is 467 g/mol. The molecule has 2 saturated heterocycles. The smallest absolute Gasteiger partial charge is 0.160 e. The topological polar surface area (TPSA) is 74.0 Å². The van der Waals surface area contributed by atoms with Gasteiger partial charge in [0.05, 0.1) is 25.5 Å². The minimum Gasteiger partial charge on any atom is -0.504 e. The number of nitrogens with zero attached hydrogens (tertiary/aromatic N) is 4. The molecule has 1 aromatic carbocycles. The van der Waals surface area contributed by atoms with E-state index in [1.54, 1.807) is 7.11 Å². The molecular weight excluding hydrogens is 428 g/mol. The lowest BCUT2D eigenvalue weighted by Gasteiger charge is -2.61. The number of aromatic nitrogens is 2. The Labute approximate surface area is 202 Å². The largest absolute Gasteiger partial charge is 0.504 e. The van der Waals surface area contributed by atoms with Crippen molar-refractivity contribution in [1.29, 1.82) is 0 Å².